The molecule has 0 radical (unpaired) electrons. The van der Waals surface area contributed by atoms with E-state index in [0.717, 1.165) is 24.5 Å². The third kappa shape index (κ3) is 3.20. The fourth-order valence-electron chi connectivity index (χ4n) is 3.13. The summed E-state index contributed by atoms with van der Waals surface area (Å²) in [5.74, 6) is 1.92. The second-order valence-electron chi connectivity index (χ2n) is 5.38. The normalized spacial score (nSPS) is 15.6. The standard InChI is InChI=1S/C15H26N4O/c1-3-6-13-14(16-2)17-11-18-15(13)19(9-10-20)12-7-4-5-8-12/h11-12,20H,3-10H2,1-2H3,(H,16,17,18). The number of aromatic nitrogens is 2. The Kier molecular flexibility index (Phi) is 5.59. The Morgan fingerprint density at radius 3 is 2.70 bits per heavy atom. The zero-order valence-corrected chi connectivity index (χ0v) is 12.6. The number of anilines is 2. The van der Waals surface area contributed by atoms with E-state index in [0.29, 0.717) is 12.6 Å². The van der Waals surface area contributed by atoms with Crippen LogP contribution in [0.15, 0.2) is 6.33 Å². The van der Waals surface area contributed by atoms with Crippen molar-refractivity contribution >= 4 is 11.6 Å². The SMILES string of the molecule is CCCc1c(NC)ncnc1N(CCO)C1CCCC1. The van der Waals surface area contributed by atoms with Crippen molar-refractivity contribution in [3.63, 3.8) is 0 Å². The van der Waals surface area contributed by atoms with Gasteiger partial charge in [0.05, 0.1) is 6.61 Å². The van der Waals surface area contributed by atoms with Crippen LogP contribution in [0.25, 0.3) is 0 Å². The van der Waals surface area contributed by atoms with E-state index in [1.807, 2.05) is 7.05 Å². The van der Waals surface area contributed by atoms with Gasteiger partial charge in [-0.2, -0.15) is 0 Å². The van der Waals surface area contributed by atoms with E-state index < -0.39 is 0 Å². The van der Waals surface area contributed by atoms with E-state index in [2.05, 4.69) is 27.1 Å². The van der Waals surface area contributed by atoms with Crippen molar-refractivity contribution < 1.29 is 5.11 Å². The van der Waals surface area contributed by atoms with Gasteiger partial charge in [0.25, 0.3) is 0 Å². The Morgan fingerprint density at radius 2 is 2.10 bits per heavy atom. The molecule has 0 aliphatic heterocycles. The molecule has 1 fully saturated rings. The predicted molar refractivity (Wildman–Crippen MR) is 82.3 cm³/mol. The summed E-state index contributed by atoms with van der Waals surface area (Å²) in [7, 11) is 1.90. The first-order valence-corrected chi connectivity index (χ1v) is 7.71. The van der Waals surface area contributed by atoms with Crippen LogP contribution in [0.4, 0.5) is 11.6 Å². The van der Waals surface area contributed by atoms with Gasteiger partial charge in [-0.3, -0.25) is 0 Å². The summed E-state index contributed by atoms with van der Waals surface area (Å²) in [5, 5.41) is 12.6. The maximum atomic E-state index is 9.40. The minimum Gasteiger partial charge on any atom is -0.395 e. The highest BCUT2D eigenvalue weighted by Crippen LogP contribution is 2.31. The van der Waals surface area contributed by atoms with E-state index in [-0.39, 0.29) is 6.61 Å². The Labute approximate surface area is 121 Å². The molecule has 0 amide bonds. The van der Waals surface area contributed by atoms with Crippen LogP contribution in [0.3, 0.4) is 0 Å². The Bertz CT molecular complexity index is 418. The van der Waals surface area contributed by atoms with Crippen molar-refractivity contribution in [3.8, 4) is 0 Å². The monoisotopic (exact) mass is 278 g/mol. The summed E-state index contributed by atoms with van der Waals surface area (Å²) in [4.78, 5) is 11.2. The average Bonchev–Trinajstić information content (AvgIpc) is 2.99. The molecule has 5 nitrogen and oxygen atoms in total. The summed E-state index contributed by atoms with van der Waals surface area (Å²) >= 11 is 0. The Balaban J connectivity index is 2.35. The first-order valence-electron chi connectivity index (χ1n) is 7.71. The molecule has 20 heavy (non-hydrogen) atoms. The van der Waals surface area contributed by atoms with Gasteiger partial charge in [-0.05, 0) is 19.3 Å². The van der Waals surface area contributed by atoms with E-state index in [4.69, 9.17) is 0 Å². The summed E-state index contributed by atoms with van der Waals surface area (Å²) in [6, 6.07) is 0.511. The van der Waals surface area contributed by atoms with Crippen LogP contribution in [-0.2, 0) is 6.42 Å². The molecule has 2 N–H and O–H groups in total. The molecule has 0 spiro atoms. The molecule has 1 aromatic heterocycles. The fourth-order valence-corrected chi connectivity index (χ4v) is 3.13. The first-order chi connectivity index (χ1) is 9.81. The van der Waals surface area contributed by atoms with Gasteiger partial charge in [0.2, 0.25) is 0 Å². The molecule has 0 atom stereocenters. The molecule has 1 aliphatic carbocycles. The predicted octanol–water partition coefficient (Wildman–Crippen LogP) is 2.21. The highest BCUT2D eigenvalue weighted by atomic mass is 16.3. The maximum Gasteiger partial charge on any atom is 0.137 e. The maximum absolute atomic E-state index is 9.40. The second-order valence-corrected chi connectivity index (χ2v) is 5.38. The van der Waals surface area contributed by atoms with Gasteiger partial charge < -0.3 is 15.3 Å². The number of hydrogen-bond donors (Lipinski definition) is 2. The molecule has 2 rings (SSSR count). The van der Waals surface area contributed by atoms with E-state index in [9.17, 15) is 5.11 Å². The van der Waals surface area contributed by atoms with Crippen molar-refractivity contribution in [2.24, 2.45) is 0 Å². The molecule has 1 heterocycles. The minimum absolute atomic E-state index is 0.168. The molecule has 0 saturated heterocycles. The van der Waals surface area contributed by atoms with E-state index in [1.54, 1.807) is 6.33 Å². The number of aliphatic hydroxyl groups excluding tert-OH is 1. The molecule has 1 aromatic rings. The molecular weight excluding hydrogens is 252 g/mol. The van der Waals surface area contributed by atoms with Gasteiger partial charge in [-0.15, -0.1) is 0 Å². The lowest BCUT2D eigenvalue weighted by Crippen LogP contribution is -2.37. The van der Waals surface area contributed by atoms with Crippen molar-refractivity contribution in [2.75, 3.05) is 30.4 Å². The minimum atomic E-state index is 0.168. The van der Waals surface area contributed by atoms with Crippen LogP contribution in [0.5, 0.6) is 0 Å². The van der Waals surface area contributed by atoms with Gasteiger partial charge in [0.1, 0.15) is 18.0 Å². The number of aliphatic hydroxyl groups is 1. The summed E-state index contributed by atoms with van der Waals surface area (Å²) in [6.45, 7) is 2.99. The van der Waals surface area contributed by atoms with Crippen LogP contribution in [0, 0.1) is 0 Å². The highest BCUT2D eigenvalue weighted by Gasteiger charge is 2.26. The number of nitrogens with one attached hydrogen (secondary N) is 1. The van der Waals surface area contributed by atoms with Crippen LogP contribution in [0.2, 0.25) is 0 Å². The summed E-state index contributed by atoms with van der Waals surface area (Å²) in [5.41, 5.74) is 1.18. The van der Waals surface area contributed by atoms with Crippen LogP contribution < -0.4 is 10.2 Å². The molecule has 0 bridgehead atoms. The molecule has 0 aromatic carbocycles. The van der Waals surface area contributed by atoms with Gasteiger partial charge in [-0.25, -0.2) is 9.97 Å². The number of rotatable bonds is 7. The smallest absolute Gasteiger partial charge is 0.137 e. The molecular formula is C15H26N4O. The largest absolute Gasteiger partial charge is 0.395 e. The van der Waals surface area contributed by atoms with E-state index in [1.165, 1.54) is 31.2 Å². The molecule has 1 saturated carbocycles. The first kappa shape index (κ1) is 15.0. The van der Waals surface area contributed by atoms with Gasteiger partial charge >= 0.3 is 0 Å². The number of hydrogen-bond acceptors (Lipinski definition) is 5. The van der Waals surface area contributed by atoms with Gasteiger partial charge in [-0.1, -0.05) is 26.2 Å². The Morgan fingerprint density at radius 1 is 1.35 bits per heavy atom. The second kappa shape index (κ2) is 7.43. The van der Waals surface area contributed by atoms with Crippen molar-refractivity contribution in [1.82, 2.24) is 9.97 Å². The summed E-state index contributed by atoms with van der Waals surface area (Å²) < 4.78 is 0. The van der Waals surface area contributed by atoms with Crippen LogP contribution in [0.1, 0.15) is 44.6 Å². The molecule has 5 heteroatoms. The quantitative estimate of drug-likeness (QED) is 0.801. The van der Waals surface area contributed by atoms with Crippen LogP contribution >= 0.6 is 0 Å². The summed E-state index contributed by atoms with van der Waals surface area (Å²) in [6.07, 6.45) is 8.60. The highest BCUT2D eigenvalue weighted by molar-refractivity contribution is 5.59. The zero-order valence-electron chi connectivity index (χ0n) is 12.6. The zero-order chi connectivity index (χ0) is 14.4. The van der Waals surface area contributed by atoms with E-state index >= 15 is 0 Å². The lowest BCUT2D eigenvalue weighted by Gasteiger charge is -2.31. The van der Waals surface area contributed by atoms with Crippen molar-refractivity contribution in [3.05, 3.63) is 11.9 Å². The van der Waals surface area contributed by atoms with Gasteiger partial charge in [0.15, 0.2) is 0 Å². The fraction of sp³-hybridized carbons (Fsp3) is 0.733. The molecule has 1 aliphatic rings. The van der Waals surface area contributed by atoms with Crippen molar-refractivity contribution in [2.45, 2.75) is 51.5 Å². The number of nitrogens with zero attached hydrogens (tertiary/aromatic N) is 3. The van der Waals surface area contributed by atoms with Crippen LogP contribution in [-0.4, -0.2) is 41.3 Å². The Hall–Kier alpha value is -1.36. The lowest BCUT2D eigenvalue weighted by atomic mass is 10.1. The molecule has 0 unspecified atom stereocenters. The average molecular weight is 278 g/mol. The topological polar surface area (TPSA) is 61.3 Å². The molecule has 112 valence electrons. The third-order valence-corrected chi connectivity index (χ3v) is 4.04. The van der Waals surface area contributed by atoms with Crippen molar-refractivity contribution in [1.29, 1.82) is 0 Å². The van der Waals surface area contributed by atoms with Gasteiger partial charge in [0, 0.05) is 25.2 Å². The third-order valence-electron chi connectivity index (χ3n) is 4.04. The lowest BCUT2D eigenvalue weighted by molar-refractivity contribution is 0.296.